The fourth-order valence-corrected chi connectivity index (χ4v) is 2.24. The number of methoxy groups -OCH3 is 2. The molecule has 2 rings (SSSR count). The number of fused-ring (bicyclic) bond motifs is 1. The predicted molar refractivity (Wildman–Crippen MR) is 97.1 cm³/mol. The Kier molecular flexibility index (Phi) is 8.86. The van der Waals surface area contributed by atoms with Crippen LogP contribution in [0, 0.1) is 0 Å². The van der Waals surface area contributed by atoms with E-state index in [-0.39, 0.29) is 18.8 Å². The first-order valence-corrected chi connectivity index (χ1v) is 8.12. The Morgan fingerprint density at radius 1 is 1.12 bits per heavy atom. The van der Waals surface area contributed by atoms with Gasteiger partial charge in [0.05, 0.1) is 14.2 Å². The van der Waals surface area contributed by atoms with Crippen molar-refractivity contribution in [1.29, 1.82) is 0 Å². The Morgan fingerprint density at radius 2 is 1.81 bits per heavy atom. The number of carbonyl (C=O) groups excluding carboxylic acids is 3. The average molecular weight is 363 g/mol. The molecule has 1 aromatic carbocycles. The highest BCUT2D eigenvalue weighted by atomic mass is 16.5. The zero-order valence-electron chi connectivity index (χ0n) is 15.0. The van der Waals surface area contributed by atoms with Gasteiger partial charge in [-0.3, -0.25) is 14.4 Å². The summed E-state index contributed by atoms with van der Waals surface area (Å²) in [5.41, 5.74) is 12.4. The summed E-state index contributed by atoms with van der Waals surface area (Å²) < 4.78 is 8.94. The van der Waals surface area contributed by atoms with Gasteiger partial charge in [0.15, 0.2) is 0 Å². The molecule has 26 heavy (non-hydrogen) atoms. The minimum absolute atomic E-state index is 0.107. The van der Waals surface area contributed by atoms with E-state index in [1.807, 2.05) is 24.4 Å². The third kappa shape index (κ3) is 6.94. The monoisotopic (exact) mass is 363 g/mol. The molecule has 1 unspecified atom stereocenters. The van der Waals surface area contributed by atoms with Crippen LogP contribution in [0.25, 0.3) is 10.9 Å². The number of hydrogen-bond donors (Lipinski definition) is 3. The number of nitrogens with two attached hydrogens (primary N) is 2. The standard InChI is InChI=1S/C12H13NO2.C6H12N2O3/c1-15-12(14)7-6-9-8-13-11-5-3-2-4-10(9)11;1-11-6(10)4(7)2-3-5(8)9/h2-5,8,13H,6-7H2,1H3;4H,2-3,7H2,1H3,(H2,8,9). The molecular formula is C18H25N3O5. The van der Waals surface area contributed by atoms with E-state index in [0.717, 1.165) is 17.5 Å². The zero-order chi connectivity index (χ0) is 19.5. The molecule has 0 bridgehead atoms. The van der Waals surface area contributed by atoms with E-state index >= 15 is 0 Å². The van der Waals surface area contributed by atoms with E-state index in [1.165, 1.54) is 19.6 Å². The van der Waals surface area contributed by atoms with Crippen LogP contribution in [-0.4, -0.2) is 43.1 Å². The number of H-pyrrole nitrogens is 1. The number of amides is 1. The minimum atomic E-state index is -0.743. The molecular weight excluding hydrogens is 338 g/mol. The molecule has 0 spiro atoms. The molecule has 0 radical (unpaired) electrons. The van der Waals surface area contributed by atoms with Gasteiger partial charge in [0.1, 0.15) is 6.04 Å². The first-order valence-electron chi connectivity index (χ1n) is 8.12. The molecule has 0 saturated heterocycles. The van der Waals surface area contributed by atoms with E-state index in [4.69, 9.17) is 11.5 Å². The van der Waals surface area contributed by atoms with Gasteiger partial charge in [-0.05, 0) is 24.5 Å². The van der Waals surface area contributed by atoms with E-state index in [9.17, 15) is 14.4 Å². The lowest BCUT2D eigenvalue weighted by Crippen LogP contribution is -2.32. The van der Waals surface area contributed by atoms with Crippen molar-refractivity contribution in [3.05, 3.63) is 36.0 Å². The highest BCUT2D eigenvalue weighted by Gasteiger charge is 2.13. The van der Waals surface area contributed by atoms with Crippen LogP contribution in [0.2, 0.25) is 0 Å². The SMILES string of the molecule is COC(=O)C(N)CCC(N)=O.COC(=O)CCc1c[nH]c2ccccc12. The molecule has 0 saturated carbocycles. The number of carbonyl (C=O) groups is 3. The molecule has 0 aliphatic heterocycles. The summed E-state index contributed by atoms with van der Waals surface area (Å²) in [5.74, 6) is -1.16. The fraction of sp³-hybridized carbons (Fsp3) is 0.389. The van der Waals surface area contributed by atoms with Gasteiger partial charge in [0, 0.05) is 29.9 Å². The average Bonchev–Trinajstić information content (AvgIpc) is 3.07. The Morgan fingerprint density at radius 3 is 2.42 bits per heavy atom. The lowest BCUT2D eigenvalue weighted by Gasteiger charge is -2.06. The summed E-state index contributed by atoms with van der Waals surface area (Å²) in [6, 6.07) is 7.32. The Labute approximate surface area is 151 Å². The highest BCUT2D eigenvalue weighted by Crippen LogP contribution is 2.18. The summed E-state index contributed by atoms with van der Waals surface area (Å²) in [5, 5.41) is 1.18. The van der Waals surface area contributed by atoms with Crippen molar-refractivity contribution in [1.82, 2.24) is 4.98 Å². The third-order valence-corrected chi connectivity index (χ3v) is 3.71. The van der Waals surface area contributed by atoms with Gasteiger partial charge in [0.25, 0.3) is 0 Å². The number of primary amides is 1. The molecule has 8 heteroatoms. The van der Waals surface area contributed by atoms with Gasteiger partial charge in [-0.25, -0.2) is 0 Å². The number of benzene rings is 1. The summed E-state index contributed by atoms with van der Waals surface area (Å²) in [6.07, 6.45) is 3.45. The molecule has 1 atom stereocenters. The van der Waals surface area contributed by atoms with Gasteiger partial charge >= 0.3 is 11.9 Å². The van der Waals surface area contributed by atoms with Crippen LogP contribution in [0.3, 0.4) is 0 Å². The lowest BCUT2D eigenvalue weighted by molar-refractivity contribution is -0.142. The summed E-state index contributed by atoms with van der Waals surface area (Å²) >= 11 is 0. The van der Waals surface area contributed by atoms with Gasteiger partial charge in [-0.2, -0.15) is 0 Å². The van der Waals surface area contributed by atoms with Crippen LogP contribution < -0.4 is 11.5 Å². The molecule has 1 heterocycles. The molecule has 1 amide bonds. The second kappa shape index (κ2) is 10.9. The fourth-order valence-electron chi connectivity index (χ4n) is 2.24. The number of nitrogens with one attached hydrogen (secondary N) is 1. The van der Waals surface area contributed by atoms with Crippen molar-refractivity contribution in [3.63, 3.8) is 0 Å². The maximum absolute atomic E-state index is 11.0. The van der Waals surface area contributed by atoms with Gasteiger partial charge in [-0.1, -0.05) is 18.2 Å². The molecule has 0 fully saturated rings. The quantitative estimate of drug-likeness (QED) is 0.628. The third-order valence-electron chi connectivity index (χ3n) is 3.71. The number of aromatic amines is 1. The minimum Gasteiger partial charge on any atom is -0.469 e. The molecule has 5 N–H and O–H groups in total. The smallest absolute Gasteiger partial charge is 0.322 e. The van der Waals surface area contributed by atoms with E-state index in [2.05, 4.69) is 20.5 Å². The van der Waals surface area contributed by atoms with Crippen LogP contribution >= 0.6 is 0 Å². The number of esters is 2. The number of aromatic nitrogens is 1. The van der Waals surface area contributed by atoms with Crippen molar-refractivity contribution in [2.45, 2.75) is 31.7 Å². The first-order chi connectivity index (χ1) is 12.4. The lowest BCUT2D eigenvalue weighted by atomic mass is 10.1. The Hall–Kier alpha value is -2.87. The van der Waals surface area contributed by atoms with Crippen molar-refractivity contribution in [2.24, 2.45) is 11.5 Å². The van der Waals surface area contributed by atoms with Crippen molar-refractivity contribution in [2.75, 3.05) is 14.2 Å². The zero-order valence-corrected chi connectivity index (χ0v) is 15.0. The molecule has 1 aromatic heterocycles. The predicted octanol–water partition coefficient (Wildman–Crippen LogP) is 1.03. The number of ether oxygens (including phenoxy) is 2. The van der Waals surface area contributed by atoms with Crippen LogP contribution in [0.5, 0.6) is 0 Å². The van der Waals surface area contributed by atoms with E-state index in [0.29, 0.717) is 6.42 Å². The van der Waals surface area contributed by atoms with E-state index < -0.39 is 17.9 Å². The van der Waals surface area contributed by atoms with Crippen LogP contribution in [-0.2, 0) is 30.3 Å². The second-order valence-electron chi connectivity index (χ2n) is 5.57. The van der Waals surface area contributed by atoms with Gasteiger partial charge < -0.3 is 25.9 Å². The highest BCUT2D eigenvalue weighted by molar-refractivity contribution is 5.83. The molecule has 0 aliphatic rings. The van der Waals surface area contributed by atoms with E-state index in [1.54, 1.807) is 0 Å². The Bertz CT molecular complexity index is 741. The molecule has 8 nitrogen and oxygen atoms in total. The topological polar surface area (TPSA) is 138 Å². The van der Waals surface area contributed by atoms with Crippen molar-refractivity contribution in [3.8, 4) is 0 Å². The summed E-state index contributed by atoms with van der Waals surface area (Å²) in [4.78, 5) is 35.0. The van der Waals surface area contributed by atoms with Gasteiger partial charge in [-0.15, -0.1) is 0 Å². The molecule has 142 valence electrons. The maximum atomic E-state index is 11.0. The normalized spacial score (nSPS) is 11.2. The molecule has 0 aliphatic carbocycles. The van der Waals surface area contributed by atoms with Crippen LogP contribution in [0.1, 0.15) is 24.8 Å². The summed E-state index contributed by atoms with van der Waals surface area (Å²) in [6.45, 7) is 0. The largest absolute Gasteiger partial charge is 0.469 e. The number of aryl methyl sites for hydroxylation is 1. The first kappa shape index (κ1) is 21.2. The van der Waals surface area contributed by atoms with Crippen LogP contribution in [0.15, 0.2) is 30.5 Å². The van der Waals surface area contributed by atoms with Crippen molar-refractivity contribution < 1.29 is 23.9 Å². The molecule has 2 aromatic rings. The number of hydrogen-bond acceptors (Lipinski definition) is 6. The van der Waals surface area contributed by atoms with Crippen LogP contribution in [0.4, 0.5) is 0 Å². The van der Waals surface area contributed by atoms with Gasteiger partial charge in [0.2, 0.25) is 5.91 Å². The number of para-hydroxylation sites is 1. The van der Waals surface area contributed by atoms with Crippen molar-refractivity contribution >= 4 is 28.7 Å². The maximum Gasteiger partial charge on any atom is 0.322 e. The second-order valence-corrected chi connectivity index (χ2v) is 5.57. The summed E-state index contributed by atoms with van der Waals surface area (Å²) in [7, 11) is 2.66. The number of rotatable bonds is 7. The Balaban J connectivity index is 0.000000276.